The third-order valence-electron chi connectivity index (χ3n) is 4.08. The van der Waals surface area contributed by atoms with E-state index in [1.807, 2.05) is 32.0 Å². The lowest BCUT2D eigenvalue weighted by Crippen LogP contribution is -2.51. The van der Waals surface area contributed by atoms with E-state index in [0.717, 1.165) is 36.7 Å². The molecule has 0 aliphatic carbocycles. The predicted octanol–water partition coefficient (Wildman–Crippen LogP) is 1.81. The van der Waals surface area contributed by atoms with Gasteiger partial charge in [0.2, 0.25) is 0 Å². The van der Waals surface area contributed by atoms with Gasteiger partial charge in [-0.15, -0.1) is 0 Å². The average Bonchev–Trinajstić information content (AvgIpc) is 2.52. The number of aliphatic hydroxyl groups excluding tert-OH is 1. The molecule has 1 aliphatic heterocycles. The van der Waals surface area contributed by atoms with Gasteiger partial charge in [0.15, 0.2) is 11.5 Å². The molecule has 0 amide bonds. The maximum atomic E-state index is 9.91. The van der Waals surface area contributed by atoms with Crippen molar-refractivity contribution in [2.75, 3.05) is 39.5 Å². The normalized spacial score (nSPS) is 20.6. The molecule has 5 nitrogen and oxygen atoms in total. The van der Waals surface area contributed by atoms with Crippen molar-refractivity contribution in [1.29, 1.82) is 0 Å². The smallest absolute Gasteiger partial charge is 0.161 e. The molecule has 0 aromatic heterocycles. The molecule has 2 atom stereocenters. The standard InChI is InChI=1S/C17H28N2O3/c1-4-21-16-7-6-14(10-17(16)22-5-2)15(12-20)19-9-8-18-11-13(19)3/h6-7,10,13,15,18,20H,4-5,8-9,11-12H2,1-3H3. The van der Waals surface area contributed by atoms with Crippen molar-refractivity contribution in [3.8, 4) is 11.5 Å². The van der Waals surface area contributed by atoms with Crippen LogP contribution >= 0.6 is 0 Å². The Morgan fingerprint density at radius 2 is 2.00 bits per heavy atom. The van der Waals surface area contributed by atoms with Crippen molar-refractivity contribution >= 4 is 0 Å². The Morgan fingerprint density at radius 3 is 2.64 bits per heavy atom. The molecule has 1 fully saturated rings. The van der Waals surface area contributed by atoms with Crippen LogP contribution in [0.4, 0.5) is 0 Å². The third kappa shape index (κ3) is 3.91. The van der Waals surface area contributed by atoms with Crippen molar-refractivity contribution in [3.05, 3.63) is 23.8 Å². The Morgan fingerprint density at radius 1 is 1.27 bits per heavy atom. The molecular formula is C17H28N2O3. The topological polar surface area (TPSA) is 54.0 Å². The highest BCUT2D eigenvalue weighted by molar-refractivity contribution is 5.44. The highest BCUT2D eigenvalue weighted by atomic mass is 16.5. The summed E-state index contributed by atoms with van der Waals surface area (Å²) in [6.45, 7) is 10.3. The molecule has 2 N–H and O–H groups in total. The van der Waals surface area contributed by atoms with Crippen molar-refractivity contribution in [2.24, 2.45) is 0 Å². The van der Waals surface area contributed by atoms with E-state index in [0.29, 0.717) is 19.3 Å². The van der Waals surface area contributed by atoms with E-state index in [2.05, 4.69) is 17.1 Å². The zero-order valence-corrected chi connectivity index (χ0v) is 13.8. The second-order valence-electron chi connectivity index (χ2n) is 5.56. The van der Waals surface area contributed by atoms with Gasteiger partial charge in [0.1, 0.15) is 0 Å². The summed E-state index contributed by atoms with van der Waals surface area (Å²) in [5, 5.41) is 13.3. The molecule has 0 radical (unpaired) electrons. The fourth-order valence-corrected chi connectivity index (χ4v) is 3.00. The minimum Gasteiger partial charge on any atom is -0.490 e. The van der Waals surface area contributed by atoms with Gasteiger partial charge in [0.05, 0.1) is 25.9 Å². The van der Waals surface area contributed by atoms with E-state index < -0.39 is 0 Å². The van der Waals surface area contributed by atoms with Gasteiger partial charge in [0, 0.05) is 25.7 Å². The summed E-state index contributed by atoms with van der Waals surface area (Å²) >= 11 is 0. The summed E-state index contributed by atoms with van der Waals surface area (Å²) in [4.78, 5) is 2.35. The molecule has 0 saturated carbocycles. The van der Waals surface area contributed by atoms with E-state index >= 15 is 0 Å². The van der Waals surface area contributed by atoms with E-state index in [-0.39, 0.29) is 12.6 Å². The first-order valence-corrected chi connectivity index (χ1v) is 8.18. The van der Waals surface area contributed by atoms with Gasteiger partial charge in [-0.1, -0.05) is 6.07 Å². The lowest BCUT2D eigenvalue weighted by molar-refractivity contribution is 0.0721. The molecule has 22 heavy (non-hydrogen) atoms. The van der Waals surface area contributed by atoms with E-state index in [1.54, 1.807) is 0 Å². The molecule has 124 valence electrons. The quantitative estimate of drug-likeness (QED) is 0.804. The first-order chi connectivity index (χ1) is 10.7. The number of benzene rings is 1. The fourth-order valence-electron chi connectivity index (χ4n) is 3.00. The minimum absolute atomic E-state index is 0.00742. The van der Waals surface area contributed by atoms with Crippen molar-refractivity contribution in [3.63, 3.8) is 0 Å². The number of ether oxygens (including phenoxy) is 2. The van der Waals surface area contributed by atoms with E-state index in [4.69, 9.17) is 9.47 Å². The van der Waals surface area contributed by atoms with Crippen LogP contribution in [0, 0.1) is 0 Å². The van der Waals surface area contributed by atoms with Gasteiger partial charge < -0.3 is 19.9 Å². The Balaban J connectivity index is 2.26. The Labute approximate surface area is 133 Å². The summed E-state index contributed by atoms with van der Waals surface area (Å²) in [7, 11) is 0. The first-order valence-electron chi connectivity index (χ1n) is 8.18. The number of nitrogens with zero attached hydrogens (tertiary/aromatic N) is 1. The minimum atomic E-state index is -0.00742. The Kier molecular flexibility index (Phi) is 6.49. The van der Waals surface area contributed by atoms with Crippen molar-refractivity contribution in [2.45, 2.75) is 32.9 Å². The molecule has 1 saturated heterocycles. The number of piperazine rings is 1. The molecule has 5 heteroatoms. The van der Waals surface area contributed by atoms with Gasteiger partial charge in [-0.05, 0) is 38.5 Å². The van der Waals surface area contributed by atoms with Gasteiger partial charge in [-0.2, -0.15) is 0 Å². The number of hydrogen-bond acceptors (Lipinski definition) is 5. The van der Waals surface area contributed by atoms with Crippen LogP contribution in [-0.2, 0) is 0 Å². The molecule has 0 bridgehead atoms. The number of aliphatic hydroxyl groups is 1. The van der Waals surface area contributed by atoms with Crippen LogP contribution < -0.4 is 14.8 Å². The van der Waals surface area contributed by atoms with Gasteiger partial charge in [0.25, 0.3) is 0 Å². The zero-order valence-electron chi connectivity index (χ0n) is 13.8. The maximum Gasteiger partial charge on any atom is 0.161 e. The summed E-state index contributed by atoms with van der Waals surface area (Å²) in [6.07, 6.45) is 0. The fraction of sp³-hybridized carbons (Fsp3) is 0.647. The largest absolute Gasteiger partial charge is 0.490 e. The molecule has 1 aromatic carbocycles. The maximum absolute atomic E-state index is 9.91. The van der Waals surface area contributed by atoms with Crippen LogP contribution in [0.2, 0.25) is 0 Å². The molecule has 2 unspecified atom stereocenters. The molecule has 1 aromatic rings. The Bertz CT molecular complexity index is 467. The average molecular weight is 308 g/mol. The van der Waals surface area contributed by atoms with Crippen LogP contribution in [0.25, 0.3) is 0 Å². The van der Waals surface area contributed by atoms with Crippen LogP contribution in [0.3, 0.4) is 0 Å². The van der Waals surface area contributed by atoms with Gasteiger partial charge in [-0.3, -0.25) is 4.90 Å². The lowest BCUT2D eigenvalue weighted by atomic mass is 10.0. The number of rotatable bonds is 7. The summed E-state index contributed by atoms with van der Waals surface area (Å²) in [5.41, 5.74) is 1.07. The highest BCUT2D eigenvalue weighted by Gasteiger charge is 2.27. The van der Waals surface area contributed by atoms with E-state index in [9.17, 15) is 5.11 Å². The highest BCUT2D eigenvalue weighted by Crippen LogP contribution is 2.33. The summed E-state index contributed by atoms with van der Waals surface area (Å²) in [6, 6.07) is 6.37. The molecule has 1 heterocycles. The van der Waals surface area contributed by atoms with E-state index in [1.165, 1.54) is 0 Å². The van der Waals surface area contributed by atoms with Crippen LogP contribution in [0.15, 0.2) is 18.2 Å². The summed E-state index contributed by atoms with van der Waals surface area (Å²) < 4.78 is 11.3. The third-order valence-corrected chi connectivity index (χ3v) is 4.08. The van der Waals surface area contributed by atoms with Crippen molar-refractivity contribution < 1.29 is 14.6 Å². The van der Waals surface area contributed by atoms with Gasteiger partial charge in [-0.25, -0.2) is 0 Å². The number of hydrogen-bond donors (Lipinski definition) is 2. The second-order valence-corrected chi connectivity index (χ2v) is 5.56. The van der Waals surface area contributed by atoms with Crippen LogP contribution in [-0.4, -0.2) is 55.5 Å². The zero-order chi connectivity index (χ0) is 15.9. The predicted molar refractivity (Wildman–Crippen MR) is 87.6 cm³/mol. The first kappa shape index (κ1) is 17.1. The molecule has 0 spiro atoms. The van der Waals surface area contributed by atoms with Crippen LogP contribution in [0.5, 0.6) is 11.5 Å². The SMILES string of the molecule is CCOc1ccc(C(CO)N2CCNCC2C)cc1OCC. The van der Waals surface area contributed by atoms with Crippen molar-refractivity contribution in [1.82, 2.24) is 10.2 Å². The second kappa shape index (κ2) is 8.36. The molecule has 2 rings (SSSR count). The summed E-state index contributed by atoms with van der Waals surface area (Å²) in [5.74, 6) is 1.52. The molecule has 1 aliphatic rings. The Hall–Kier alpha value is -1.30. The number of nitrogens with one attached hydrogen (secondary N) is 1. The lowest BCUT2D eigenvalue weighted by Gasteiger charge is -2.39. The monoisotopic (exact) mass is 308 g/mol. The van der Waals surface area contributed by atoms with Crippen LogP contribution in [0.1, 0.15) is 32.4 Å². The molecular weight excluding hydrogens is 280 g/mol. The van der Waals surface area contributed by atoms with Gasteiger partial charge >= 0.3 is 0 Å².